The molecule has 0 aliphatic carbocycles. The van der Waals surface area contributed by atoms with Crippen LogP contribution in [0.1, 0.15) is 11.1 Å². The SMILES string of the molecule is O=[N+]([O-])c1ccc(Cn2cc(CO)c3ccccc32)cc1. The van der Waals surface area contributed by atoms with E-state index in [0.29, 0.717) is 6.54 Å². The third-order valence-corrected chi connectivity index (χ3v) is 3.54. The first-order chi connectivity index (χ1) is 10.2. The Hall–Kier alpha value is -2.66. The van der Waals surface area contributed by atoms with Crippen LogP contribution in [0.3, 0.4) is 0 Å². The van der Waals surface area contributed by atoms with Gasteiger partial charge in [0.2, 0.25) is 0 Å². The molecule has 3 aromatic rings. The standard InChI is InChI=1S/C16H14N2O3/c19-11-13-10-17(16-4-2-1-3-15(13)16)9-12-5-7-14(8-6-12)18(20)21/h1-8,10,19H,9,11H2. The number of non-ortho nitro benzene ring substituents is 1. The largest absolute Gasteiger partial charge is 0.392 e. The van der Waals surface area contributed by atoms with Crippen LogP contribution in [0, 0.1) is 10.1 Å². The second kappa shape index (κ2) is 5.38. The maximum atomic E-state index is 10.7. The first-order valence-electron chi connectivity index (χ1n) is 6.60. The average Bonchev–Trinajstić information content (AvgIpc) is 2.86. The molecule has 3 rings (SSSR count). The molecule has 0 saturated carbocycles. The van der Waals surface area contributed by atoms with Crippen LogP contribution in [-0.4, -0.2) is 14.6 Å². The molecule has 0 fully saturated rings. The van der Waals surface area contributed by atoms with Gasteiger partial charge >= 0.3 is 0 Å². The van der Waals surface area contributed by atoms with Gasteiger partial charge in [0, 0.05) is 41.3 Å². The van der Waals surface area contributed by atoms with Gasteiger partial charge in [-0.2, -0.15) is 0 Å². The highest BCUT2D eigenvalue weighted by molar-refractivity contribution is 5.83. The fourth-order valence-electron chi connectivity index (χ4n) is 2.50. The van der Waals surface area contributed by atoms with Crippen molar-refractivity contribution in [2.24, 2.45) is 0 Å². The monoisotopic (exact) mass is 282 g/mol. The van der Waals surface area contributed by atoms with Crippen LogP contribution >= 0.6 is 0 Å². The molecule has 0 saturated heterocycles. The Morgan fingerprint density at radius 1 is 1.10 bits per heavy atom. The Morgan fingerprint density at radius 2 is 1.81 bits per heavy atom. The van der Waals surface area contributed by atoms with Gasteiger partial charge in [-0.05, 0) is 11.6 Å². The van der Waals surface area contributed by atoms with Crippen LogP contribution in [0.5, 0.6) is 0 Å². The third-order valence-electron chi connectivity index (χ3n) is 3.54. The Bertz CT molecular complexity index is 791. The van der Waals surface area contributed by atoms with Crippen molar-refractivity contribution >= 4 is 16.6 Å². The van der Waals surface area contributed by atoms with Crippen LogP contribution in [-0.2, 0) is 13.2 Å². The predicted octanol–water partition coefficient (Wildman–Crippen LogP) is 3.09. The quantitative estimate of drug-likeness (QED) is 0.590. The number of aliphatic hydroxyl groups is 1. The van der Waals surface area contributed by atoms with Crippen molar-refractivity contribution in [3.8, 4) is 0 Å². The van der Waals surface area contributed by atoms with Gasteiger partial charge in [0.25, 0.3) is 5.69 Å². The lowest BCUT2D eigenvalue weighted by atomic mass is 10.2. The zero-order valence-corrected chi connectivity index (χ0v) is 11.3. The predicted molar refractivity (Wildman–Crippen MR) is 80.1 cm³/mol. The average molecular weight is 282 g/mol. The van der Waals surface area contributed by atoms with Crippen LogP contribution < -0.4 is 0 Å². The fraction of sp³-hybridized carbons (Fsp3) is 0.125. The van der Waals surface area contributed by atoms with E-state index in [-0.39, 0.29) is 12.3 Å². The number of aromatic nitrogens is 1. The molecular formula is C16H14N2O3. The molecule has 5 nitrogen and oxygen atoms in total. The number of hydrogen-bond donors (Lipinski definition) is 1. The normalized spacial score (nSPS) is 10.9. The molecule has 1 aromatic heterocycles. The van der Waals surface area contributed by atoms with Gasteiger partial charge < -0.3 is 9.67 Å². The fourth-order valence-corrected chi connectivity index (χ4v) is 2.50. The van der Waals surface area contributed by atoms with Gasteiger partial charge in [0.1, 0.15) is 0 Å². The van der Waals surface area contributed by atoms with Gasteiger partial charge in [-0.15, -0.1) is 0 Å². The highest BCUT2D eigenvalue weighted by Crippen LogP contribution is 2.23. The lowest BCUT2D eigenvalue weighted by Crippen LogP contribution is -1.98. The van der Waals surface area contributed by atoms with E-state index in [1.54, 1.807) is 12.1 Å². The van der Waals surface area contributed by atoms with Crippen LogP contribution in [0.15, 0.2) is 54.7 Å². The van der Waals surface area contributed by atoms with Gasteiger partial charge in [-0.1, -0.05) is 30.3 Å². The molecule has 1 N–H and O–H groups in total. The number of nitro benzene ring substituents is 1. The zero-order valence-electron chi connectivity index (χ0n) is 11.3. The number of aliphatic hydroxyl groups excluding tert-OH is 1. The van der Waals surface area contributed by atoms with E-state index >= 15 is 0 Å². The van der Waals surface area contributed by atoms with E-state index in [9.17, 15) is 15.2 Å². The van der Waals surface area contributed by atoms with E-state index < -0.39 is 4.92 Å². The highest BCUT2D eigenvalue weighted by Gasteiger charge is 2.09. The van der Waals surface area contributed by atoms with Gasteiger partial charge in [0.15, 0.2) is 0 Å². The molecule has 2 aromatic carbocycles. The summed E-state index contributed by atoms with van der Waals surface area (Å²) in [6, 6.07) is 14.4. The number of benzene rings is 2. The molecule has 0 spiro atoms. The number of rotatable bonds is 4. The van der Waals surface area contributed by atoms with Crippen molar-refractivity contribution in [1.82, 2.24) is 4.57 Å². The number of nitro groups is 1. The van der Waals surface area contributed by atoms with Crippen molar-refractivity contribution in [2.45, 2.75) is 13.2 Å². The molecule has 21 heavy (non-hydrogen) atoms. The van der Waals surface area contributed by atoms with E-state index in [4.69, 9.17) is 0 Å². The van der Waals surface area contributed by atoms with Crippen molar-refractivity contribution < 1.29 is 10.0 Å². The Kier molecular flexibility index (Phi) is 3.41. The van der Waals surface area contributed by atoms with Gasteiger partial charge in [0.05, 0.1) is 11.5 Å². The van der Waals surface area contributed by atoms with Crippen molar-refractivity contribution in [2.75, 3.05) is 0 Å². The summed E-state index contributed by atoms with van der Waals surface area (Å²) in [4.78, 5) is 10.3. The summed E-state index contributed by atoms with van der Waals surface area (Å²) in [5.74, 6) is 0. The molecule has 0 radical (unpaired) electrons. The zero-order chi connectivity index (χ0) is 14.8. The van der Waals surface area contributed by atoms with E-state index in [0.717, 1.165) is 22.0 Å². The molecule has 5 heteroatoms. The Balaban J connectivity index is 1.96. The summed E-state index contributed by atoms with van der Waals surface area (Å²) >= 11 is 0. The van der Waals surface area contributed by atoms with E-state index in [1.165, 1.54) is 12.1 Å². The second-order valence-electron chi connectivity index (χ2n) is 4.88. The highest BCUT2D eigenvalue weighted by atomic mass is 16.6. The molecule has 0 aliphatic heterocycles. The van der Waals surface area contributed by atoms with Crippen molar-refractivity contribution in [3.05, 3.63) is 76.0 Å². The third kappa shape index (κ3) is 2.51. The number of para-hydroxylation sites is 1. The summed E-state index contributed by atoms with van der Waals surface area (Å²) in [6.07, 6.45) is 1.92. The Morgan fingerprint density at radius 3 is 2.48 bits per heavy atom. The smallest absolute Gasteiger partial charge is 0.269 e. The lowest BCUT2D eigenvalue weighted by Gasteiger charge is -2.05. The summed E-state index contributed by atoms with van der Waals surface area (Å²) < 4.78 is 2.04. The number of fused-ring (bicyclic) bond motifs is 1. The summed E-state index contributed by atoms with van der Waals surface area (Å²) in [5.41, 5.74) is 2.99. The first kappa shape index (κ1) is 13.3. The minimum Gasteiger partial charge on any atom is -0.392 e. The number of nitrogens with zero attached hydrogens (tertiary/aromatic N) is 2. The molecular weight excluding hydrogens is 268 g/mol. The molecule has 1 heterocycles. The van der Waals surface area contributed by atoms with Crippen molar-refractivity contribution in [1.29, 1.82) is 0 Å². The first-order valence-corrected chi connectivity index (χ1v) is 6.60. The second-order valence-corrected chi connectivity index (χ2v) is 4.88. The van der Waals surface area contributed by atoms with E-state index in [1.807, 2.05) is 35.0 Å². The summed E-state index contributed by atoms with van der Waals surface area (Å²) in [5, 5.41) is 21.1. The molecule has 0 bridgehead atoms. The maximum Gasteiger partial charge on any atom is 0.269 e. The summed E-state index contributed by atoms with van der Waals surface area (Å²) in [6.45, 7) is 0.603. The van der Waals surface area contributed by atoms with Crippen molar-refractivity contribution in [3.63, 3.8) is 0 Å². The van der Waals surface area contributed by atoms with Gasteiger partial charge in [-0.3, -0.25) is 10.1 Å². The molecule has 0 amide bonds. The Labute approximate surface area is 121 Å². The van der Waals surface area contributed by atoms with Crippen LogP contribution in [0.25, 0.3) is 10.9 Å². The molecule has 0 aliphatic rings. The summed E-state index contributed by atoms with van der Waals surface area (Å²) in [7, 11) is 0. The van der Waals surface area contributed by atoms with Crippen LogP contribution in [0.2, 0.25) is 0 Å². The van der Waals surface area contributed by atoms with Crippen LogP contribution in [0.4, 0.5) is 5.69 Å². The number of hydrogen-bond acceptors (Lipinski definition) is 3. The van der Waals surface area contributed by atoms with Gasteiger partial charge in [-0.25, -0.2) is 0 Å². The maximum absolute atomic E-state index is 10.7. The minimum absolute atomic E-state index is 0.00618. The molecule has 0 atom stereocenters. The molecule has 0 unspecified atom stereocenters. The lowest BCUT2D eigenvalue weighted by molar-refractivity contribution is -0.384. The molecule has 106 valence electrons. The van der Waals surface area contributed by atoms with E-state index in [2.05, 4.69) is 0 Å². The minimum atomic E-state index is -0.404. The topological polar surface area (TPSA) is 68.3 Å².